The number of primary amides is 1. The molecular weight excluding hydrogens is 518 g/mol. The van der Waals surface area contributed by atoms with Crippen LogP contribution in [0.5, 0.6) is 5.88 Å². The van der Waals surface area contributed by atoms with Gasteiger partial charge in [0.2, 0.25) is 11.8 Å². The number of nitrogens with zero attached hydrogens (tertiary/aromatic N) is 6. The molecule has 1 atom stereocenters. The number of fused-ring (bicyclic) bond motifs is 2. The Bertz CT molecular complexity index is 1790. The molecule has 2 N–H and O–H groups in total. The molecule has 1 fully saturated rings. The van der Waals surface area contributed by atoms with Gasteiger partial charge in [0.1, 0.15) is 22.8 Å². The molecule has 0 radical (unpaired) electrons. The highest BCUT2D eigenvalue weighted by atomic mass is 35.5. The van der Waals surface area contributed by atoms with E-state index in [9.17, 15) is 9.59 Å². The Balaban J connectivity index is 1.61. The number of methoxy groups -OCH3 is 1. The van der Waals surface area contributed by atoms with E-state index in [1.807, 2.05) is 40.6 Å². The van der Waals surface area contributed by atoms with Crippen LogP contribution in [0.1, 0.15) is 47.4 Å². The second-order valence-corrected chi connectivity index (χ2v) is 10.4. The normalized spacial score (nSPS) is 14.2. The number of benzene rings is 1. The molecule has 39 heavy (non-hydrogen) atoms. The minimum Gasteiger partial charge on any atom is -0.480 e. The molecule has 0 spiro atoms. The van der Waals surface area contributed by atoms with Crippen LogP contribution in [-0.4, -0.2) is 48.1 Å². The maximum atomic E-state index is 12.3. The number of ketones is 1. The summed E-state index contributed by atoms with van der Waals surface area (Å²) in [6, 6.07) is 9.30. The third-order valence-electron chi connectivity index (χ3n) is 7.22. The van der Waals surface area contributed by atoms with Crippen LogP contribution in [0.2, 0.25) is 5.02 Å². The Morgan fingerprint density at radius 2 is 2.00 bits per heavy atom. The third kappa shape index (κ3) is 4.40. The second kappa shape index (κ2) is 9.46. The number of nitrogens with two attached hydrogens (primary N) is 1. The van der Waals surface area contributed by atoms with Crippen LogP contribution in [0.4, 0.5) is 0 Å². The van der Waals surface area contributed by atoms with Crippen molar-refractivity contribution in [2.45, 2.75) is 32.2 Å². The lowest BCUT2D eigenvalue weighted by Gasteiger charge is -2.13. The first kappa shape index (κ1) is 25.0. The molecule has 1 unspecified atom stereocenters. The van der Waals surface area contributed by atoms with Gasteiger partial charge in [-0.1, -0.05) is 11.6 Å². The van der Waals surface area contributed by atoms with Gasteiger partial charge in [-0.3, -0.25) is 19.3 Å². The monoisotopic (exact) mass is 543 g/mol. The minimum absolute atomic E-state index is 0.0544. The number of Topliss-reactive ketones (excluding diaryl/α,β-unsaturated/α-hetero) is 1. The molecule has 5 aromatic rings. The second-order valence-electron chi connectivity index (χ2n) is 9.93. The number of amides is 1. The fourth-order valence-electron chi connectivity index (χ4n) is 5.15. The Hall–Kier alpha value is -4.31. The zero-order valence-corrected chi connectivity index (χ0v) is 22.4. The van der Waals surface area contributed by atoms with Crippen molar-refractivity contribution in [3.63, 3.8) is 0 Å². The molecular formula is C28H26ClN7O3. The zero-order chi connectivity index (χ0) is 27.4. The smallest absolute Gasteiger partial charge is 0.228 e. The van der Waals surface area contributed by atoms with E-state index in [0.717, 1.165) is 35.0 Å². The summed E-state index contributed by atoms with van der Waals surface area (Å²) in [6.45, 7) is 1.88. The van der Waals surface area contributed by atoms with Crippen molar-refractivity contribution in [2.24, 2.45) is 18.7 Å². The lowest BCUT2D eigenvalue weighted by atomic mass is 10.0. The maximum absolute atomic E-state index is 12.3. The van der Waals surface area contributed by atoms with Crippen LogP contribution in [0.15, 0.2) is 42.7 Å². The van der Waals surface area contributed by atoms with Gasteiger partial charge in [-0.15, -0.1) is 0 Å². The summed E-state index contributed by atoms with van der Waals surface area (Å²) in [5, 5.41) is 6.96. The highest BCUT2D eigenvalue weighted by Crippen LogP contribution is 2.43. The van der Waals surface area contributed by atoms with Crippen LogP contribution < -0.4 is 10.5 Å². The molecule has 4 aromatic heterocycles. The molecule has 1 aliphatic carbocycles. The predicted octanol–water partition coefficient (Wildman–Crippen LogP) is 4.27. The van der Waals surface area contributed by atoms with E-state index < -0.39 is 11.8 Å². The number of carbonyl (C=O) groups excluding carboxylic acids is 2. The maximum Gasteiger partial charge on any atom is 0.228 e. The van der Waals surface area contributed by atoms with Crippen molar-refractivity contribution in [3.8, 4) is 17.3 Å². The van der Waals surface area contributed by atoms with Crippen LogP contribution in [0.25, 0.3) is 33.3 Å². The Labute approximate surface area is 228 Å². The standard InChI is InChI=1S/C28H26ClN7O3/c1-14(37)17-10-21(35(2)12-17)24-23-27(32-26(33-28(23)39-3)22(25(30)38)15-4-5-15)34-36(24)13-16-8-9-31-20-7-6-18(29)11-19(16)20/h6-12,15,22H,4-5,13H2,1-3H3,(H2,30,38). The molecule has 198 valence electrons. The van der Waals surface area contributed by atoms with Gasteiger partial charge in [0.15, 0.2) is 11.4 Å². The van der Waals surface area contributed by atoms with Crippen molar-refractivity contribution in [1.82, 2.24) is 29.3 Å². The summed E-state index contributed by atoms with van der Waals surface area (Å²) in [6.07, 6.45) is 5.31. The number of rotatable bonds is 8. The molecule has 1 aliphatic rings. The van der Waals surface area contributed by atoms with Gasteiger partial charge in [0.25, 0.3) is 0 Å². The summed E-state index contributed by atoms with van der Waals surface area (Å²) >= 11 is 6.32. The number of aryl methyl sites for hydroxylation is 1. The first-order valence-electron chi connectivity index (χ1n) is 12.6. The summed E-state index contributed by atoms with van der Waals surface area (Å²) in [4.78, 5) is 38.4. The fraction of sp³-hybridized carbons (Fsp3) is 0.286. The SMILES string of the molecule is COc1nc(C(C(N)=O)C2CC2)nc2nn(Cc3ccnc4ccc(Cl)cc34)c(-c3cc(C(C)=O)cn3C)c12. The van der Waals surface area contributed by atoms with Crippen LogP contribution in [0.3, 0.4) is 0 Å². The molecule has 0 aliphatic heterocycles. The Morgan fingerprint density at radius 3 is 2.67 bits per heavy atom. The van der Waals surface area contributed by atoms with Crippen molar-refractivity contribution in [2.75, 3.05) is 7.11 Å². The number of carbonyl (C=O) groups is 2. The summed E-state index contributed by atoms with van der Waals surface area (Å²) < 4.78 is 9.43. The first-order valence-corrected chi connectivity index (χ1v) is 13.0. The minimum atomic E-state index is -0.609. The average molecular weight is 544 g/mol. The molecule has 0 saturated heterocycles. The van der Waals surface area contributed by atoms with Crippen molar-refractivity contribution in [3.05, 3.63) is 64.7 Å². The third-order valence-corrected chi connectivity index (χ3v) is 7.46. The predicted molar refractivity (Wildman–Crippen MR) is 147 cm³/mol. The Morgan fingerprint density at radius 1 is 1.21 bits per heavy atom. The van der Waals surface area contributed by atoms with E-state index >= 15 is 0 Å². The van der Waals surface area contributed by atoms with Crippen molar-refractivity contribution in [1.29, 1.82) is 0 Å². The molecule has 1 aromatic carbocycles. The van der Waals surface area contributed by atoms with E-state index in [-0.39, 0.29) is 17.6 Å². The summed E-state index contributed by atoms with van der Waals surface area (Å²) in [5.74, 6) is -0.416. The number of hydrogen-bond donors (Lipinski definition) is 1. The molecule has 0 bridgehead atoms. The lowest BCUT2D eigenvalue weighted by molar-refractivity contribution is -0.120. The molecule has 4 heterocycles. The molecule has 1 saturated carbocycles. The number of hydrogen-bond acceptors (Lipinski definition) is 7. The van der Waals surface area contributed by atoms with E-state index in [4.69, 9.17) is 32.2 Å². The molecule has 1 amide bonds. The van der Waals surface area contributed by atoms with Crippen LogP contribution in [0, 0.1) is 5.92 Å². The highest BCUT2D eigenvalue weighted by molar-refractivity contribution is 6.31. The summed E-state index contributed by atoms with van der Waals surface area (Å²) in [5.41, 5.74) is 9.86. The molecule has 6 rings (SSSR count). The van der Waals surface area contributed by atoms with Crippen molar-refractivity contribution >= 4 is 45.2 Å². The first-order chi connectivity index (χ1) is 18.7. The lowest BCUT2D eigenvalue weighted by Crippen LogP contribution is -2.25. The van der Waals surface area contributed by atoms with Gasteiger partial charge in [-0.05, 0) is 61.6 Å². The van der Waals surface area contributed by atoms with E-state index in [0.29, 0.717) is 39.7 Å². The highest BCUT2D eigenvalue weighted by Gasteiger charge is 2.39. The Kier molecular flexibility index (Phi) is 6.06. The van der Waals surface area contributed by atoms with Crippen LogP contribution in [-0.2, 0) is 18.4 Å². The quantitative estimate of drug-likeness (QED) is 0.289. The van der Waals surface area contributed by atoms with E-state index in [1.54, 1.807) is 18.5 Å². The van der Waals surface area contributed by atoms with Crippen LogP contribution >= 0.6 is 11.6 Å². The molecule has 10 nitrogen and oxygen atoms in total. The number of pyridine rings is 1. The molecule has 11 heteroatoms. The summed E-state index contributed by atoms with van der Waals surface area (Å²) in [7, 11) is 3.39. The van der Waals surface area contributed by atoms with Gasteiger partial charge in [-0.2, -0.15) is 10.1 Å². The fourth-order valence-corrected chi connectivity index (χ4v) is 5.32. The zero-order valence-electron chi connectivity index (χ0n) is 21.7. The topological polar surface area (TPSA) is 131 Å². The van der Waals surface area contributed by atoms with Gasteiger partial charge in [0.05, 0.1) is 24.9 Å². The average Bonchev–Trinajstić information content (AvgIpc) is 3.55. The largest absolute Gasteiger partial charge is 0.480 e. The van der Waals surface area contributed by atoms with Crippen molar-refractivity contribution < 1.29 is 14.3 Å². The van der Waals surface area contributed by atoms with Gasteiger partial charge < -0.3 is 15.0 Å². The van der Waals surface area contributed by atoms with E-state index in [2.05, 4.69) is 9.97 Å². The number of ether oxygens (including phenoxy) is 1. The van der Waals surface area contributed by atoms with Gasteiger partial charge >= 0.3 is 0 Å². The van der Waals surface area contributed by atoms with Gasteiger partial charge in [0, 0.05) is 35.4 Å². The van der Waals surface area contributed by atoms with Gasteiger partial charge in [-0.25, -0.2) is 4.98 Å². The number of halogens is 1. The number of aromatic nitrogens is 6. The van der Waals surface area contributed by atoms with E-state index in [1.165, 1.54) is 14.0 Å².